The Labute approximate surface area is 131 Å². The molecule has 0 aliphatic heterocycles. The highest BCUT2D eigenvalue weighted by atomic mass is 79.9. The molecule has 4 rings (SSSR count). The first-order valence-electron chi connectivity index (χ1n) is 7.17. The third kappa shape index (κ3) is 2.14. The molecule has 106 valence electrons. The summed E-state index contributed by atoms with van der Waals surface area (Å²) in [5.41, 5.74) is 11.3. The zero-order valence-electron chi connectivity index (χ0n) is 11.8. The van der Waals surface area contributed by atoms with Crippen LogP contribution in [0.3, 0.4) is 0 Å². The molecule has 3 aromatic rings. The summed E-state index contributed by atoms with van der Waals surface area (Å²) in [6.07, 6.45) is 2.46. The van der Waals surface area contributed by atoms with Crippen molar-refractivity contribution in [2.24, 2.45) is 0 Å². The van der Waals surface area contributed by atoms with E-state index in [1.807, 2.05) is 12.1 Å². The number of benzene rings is 2. The number of imidazole rings is 1. The monoisotopic (exact) mass is 341 g/mol. The SMILES string of the molecule is Cc1ccc(N)cc1-c1nc2cc(Br)ccc2n1C1CC1. The highest BCUT2D eigenvalue weighted by Crippen LogP contribution is 2.42. The number of nitrogens with zero attached hydrogens (tertiary/aromatic N) is 2. The molecule has 0 atom stereocenters. The molecule has 1 aliphatic rings. The average molecular weight is 342 g/mol. The van der Waals surface area contributed by atoms with Gasteiger partial charge in [0.05, 0.1) is 11.0 Å². The summed E-state index contributed by atoms with van der Waals surface area (Å²) in [6, 6.07) is 12.9. The quantitative estimate of drug-likeness (QED) is 0.687. The van der Waals surface area contributed by atoms with Crippen LogP contribution in [0.1, 0.15) is 24.4 Å². The van der Waals surface area contributed by atoms with E-state index < -0.39 is 0 Å². The Balaban J connectivity index is 2.03. The van der Waals surface area contributed by atoms with Crippen LogP contribution in [0.5, 0.6) is 0 Å². The van der Waals surface area contributed by atoms with E-state index in [1.54, 1.807) is 0 Å². The van der Waals surface area contributed by atoms with Gasteiger partial charge < -0.3 is 10.3 Å². The number of aromatic nitrogens is 2. The second-order valence-corrected chi connectivity index (χ2v) is 6.66. The van der Waals surface area contributed by atoms with E-state index in [4.69, 9.17) is 10.7 Å². The predicted molar refractivity (Wildman–Crippen MR) is 90.3 cm³/mol. The second kappa shape index (κ2) is 4.60. The molecule has 1 heterocycles. The van der Waals surface area contributed by atoms with Crippen molar-refractivity contribution in [2.75, 3.05) is 5.73 Å². The number of hydrogen-bond acceptors (Lipinski definition) is 2. The van der Waals surface area contributed by atoms with E-state index in [2.05, 4.69) is 51.7 Å². The minimum absolute atomic E-state index is 0.576. The summed E-state index contributed by atoms with van der Waals surface area (Å²) in [4.78, 5) is 4.88. The number of aryl methyl sites for hydroxylation is 1. The molecule has 1 aromatic heterocycles. The fraction of sp³-hybridized carbons (Fsp3) is 0.235. The van der Waals surface area contributed by atoms with Crippen molar-refractivity contribution in [1.82, 2.24) is 9.55 Å². The fourth-order valence-electron chi connectivity index (χ4n) is 2.84. The van der Waals surface area contributed by atoms with Gasteiger partial charge in [-0.25, -0.2) is 4.98 Å². The van der Waals surface area contributed by atoms with Gasteiger partial charge in [-0.2, -0.15) is 0 Å². The van der Waals surface area contributed by atoms with E-state index in [0.29, 0.717) is 6.04 Å². The van der Waals surface area contributed by atoms with Crippen molar-refractivity contribution in [2.45, 2.75) is 25.8 Å². The normalized spacial score (nSPS) is 14.8. The lowest BCUT2D eigenvalue weighted by Crippen LogP contribution is -1.99. The molecule has 0 saturated heterocycles. The largest absolute Gasteiger partial charge is 0.399 e. The Bertz CT molecular complexity index is 847. The third-order valence-corrected chi connectivity index (χ3v) is 4.56. The van der Waals surface area contributed by atoms with Gasteiger partial charge in [0.15, 0.2) is 0 Å². The fourth-order valence-corrected chi connectivity index (χ4v) is 3.19. The summed E-state index contributed by atoms with van der Waals surface area (Å²) in [6.45, 7) is 2.11. The number of nitrogens with two attached hydrogens (primary N) is 1. The van der Waals surface area contributed by atoms with Gasteiger partial charge in [0, 0.05) is 21.8 Å². The zero-order valence-corrected chi connectivity index (χ0v) is 13.4. The Morgan fingerprint density at radius 3 is 2.76 bits per heavy atom. The highest BCUT2D eigenvalue weighted by Gasteiger charge is 2.29. The Kier molecular flexibility index (Phi) is 2.82. The van der Waals surface area contributed by atoms with E-state index in [-0.39, 0.29) is 0 Å². The first-order valence-corrected chi connectivity index (χ1v) is 7.97. The molecule has 2 aromatic carbocycles. The molecule has 1 saturated carbocycles. The minimum atomic E-state index is 0.576. The van der Waals surface area contributed by atoms with Gasteiger partial charge in [-0.15, -0.1) is 0 Å². The minimum Gasteiger partial charge on any atom is -0.399 e. The maximum atomic E-state index is 5.98. The maximum Gasteiger partial charge on any atom is 0.141 e. The lowest BCUT2D eigenvalue weighted by atomic mass is 10.1. The first kappa shape index (κ1) is 12.9. The van der Waals surface area contributed by atoms with Crippen LogP contribution in [0, 0.1) is 6.92 Å². The maximum absolute atomic E-state index is 5.98. The van der Waals surface area contributed by atoms with E-state index in [9.17, 15) is 0 Å². The third-order valence-electron chi connectivity index (χ3n) is 4.07. The number of hydrogen-bond donors (Lipinski definition) is 1. The van der Waals surface area contributed by atoms with Crippen LogP contribution >= 0.6 is 15.9 Å². The second-order valence-electron chi connectivity index (χ2n) is 5.74. The lowest BCUT2D eigenvalue weighted by Gasteiger charge is -2.10. The first-order chi connectivity index (χ1) is 10.1. The predicted octanol–water partition coefficient (Wildman–Crippen LogP) is 4.69. The van der Waals surface area contributed by atoms with Crippen LogP contribution < -0.4 is 5.73 Å². The van der Waals surface area contributed by atoms with E-state index in [1.165, 1.54) is 23.9 Å². The molecule has 0 spiro atoms. The molecule has 21 heavy (non-hydrogen) atoms. The molecule has 0 bridgehead atoms. The molecule has 1 aliphatic carbocycles. The van der Waals surface area contributed by atoms with Gasteiger partial charge in [-0.05, 0) is 55.7 Å². The molecule has 3 nitrogen and oxygen atoms in total. The molecular formula is C17H16BrN3. The molecule has 4 heteroatoms. The van der Waals surface area contributed by atoms with Gasteiger partial charge in [-0.3, -0.25) is 0 Å². The Morgan fingerprint density at radius 2 is 2.00 bits per heavy atom. The van der Waals surface area contributed by atoms with Crippen molar-refractivity contribution >= 4 is 32.7 Å². The Hall–Kier alpha value is -1.81. The Morgan fingerprint density at radius 1 is 1.19 bits per heavy atom. The van der Waals surface area contributed by atoms with E-state index >= 15 is 0 Å². The number of rotatable bonds is 2. The molecular weight excluding hydrogens is 326 g/mol. The van der Waals surface area contributed by atoms with Gasteiger partial charge in [-0.1, -0.05) is 22.0 Å². The van der Waals surface area contributed by atoms with Crippen molar-refractivity contribution in [3.63, 3.8) is 0 Å². The number of anilines is 1. The van der Waals surface area contributed by atoms with Gasteiger partial charge in [0.1, 0.15) is 5.82 Å². The summed E-state index contributed by atoms with van der Waals surface area (Å²) in [5, 5.41) is 0. The summed E-state index contributed by atoms with van der Waals surface area (Å²) >= 11 is 3.53. The number of halogens is 1. The number of fused-ring (bicyclic) bond motifs is 1. The zero-order chi connectivity index (χ0) is 14.6. The van der Waals surface area contributed by atoms with E-state index in [0.717, 1.165) is 27.1 Å². The number of nitrogen functional groups attached to an aromatic ring is 1. The summed E-state index contributed by atoms with van der Waals surface area (Å²) in [5.74, 6) is 1.04. The summed E-state index contributed by atoms with van der Waals surface area (Å²) < 4.78 is 3.44. The van der Waals surface area contributed by atoms with Crippen molar-refractivity contribution < 1.29 is 0 Å². The van der Waals surface area contributed by atoms with Gasteiger partial charge >= 0.3 is 0 Å². The van der Waals surface area contributed by atoms with Gasteiger partial charge in [0.2, 0.25) is 0 Å². The van der Waals surface area contributed by atoms with Crippen LogP contribution in [0.2, 0.25) is 0 Å². The van der Waals surface area contributed by atoms with Crippen molar-refractivity contribution in [3.05, 3.63) is 46.4 Å². The summed E-state index contributed by atoms with van der Waals surface area (Å²) in [7, 11) is 0. The van der Waals surface area contributed by atoms with Crippen LogP contribution in [0.25, 0.3) is 22.4 Å². The molecule has 2 N–H and O–H groups in total. The topological polar surface area (TPSA) is 43.8 Å². The average Bonchev–Trinajstić information content (AvgIpc) is 3.22. The smallest absolute Gasteiger partial charge is 0.141 e. The molecule has 0 radical (unpaired) electrons. The van der Waals surface area contributed by atoms with Crippen molar-refractivity contribution in [1.29, 1.82) is 0 Å². The lowest BCUT2D eigenvalue weighted by molar-refractivity contribution is 0.775. The van der Waals surface area contributed by atoms with Gasteiger partial charge in [0.25, 0.3) is 0 Å². The van der Waals surface area contributed by atoms with Crippen LogP contribution in [-0.4, -0.2) is 9.55 Å². The highest BCUT2D eigenvalue weighted by molar-refractivity contribution is 9.10. The van der Waals surface area contributed by atoms with Crippen molar-refractivity contribution in [3.8, 4) is 11.4 Å². The standard InChI is InChI=1S/C17H16BrN3/c1-10-2-4-12(19)9-14(10)17-20-15-8-11(18)3-7-16(15)21(17)13-5-6-13/h2-4,7-9,13H,5-6,19H2,1H3. The van der Waals surface area contributed by atoms with Crippen LogP contribution in [-0.2, 0) is 0 Å². The van der Waals surface area contributed by atoms with Crippen LogP contribution in [0.4, 0.5) is 5.69 Å². The molecule has 1 fully saturated rings. The molecule has 0 unspecified atom stereocenters. The van der Waals surface area contributed by atoms with Crippen LogP contribution in [0.15, 0.2) is 40.9 Å². The molecule has 0 amide bonds.